The third kappa shape index (κ3) is 3.35. The fraction of sp³-hybridized carbons (Fsp3) is 0.368. The molecule has 0 bridgehead atoms. The first-order chi connectivity index (χ1) is 11.1. The first-order valence-corrected chi connectivity index (χ1v) is 7.75. The van der Waals surface area contributed by atoms with Gasteiger partial charge in [0.05, 0.1) is 0 Å². The summed E-state index contributed by atoms with van der Waals surface area (Å²) < 4.78 is 5.33. The average Bonchev–Trinajstić information content (AvgIpc) is 2.51. The smallest absolute Gasteiger partial charge is 0.344 e. The van der Waals surface area contributed by atoms with Crippen LogP contribution in [-0.2, 0) is 14.3 Å². The largest absolute Gasteiger partial charge is 0.479 e. The van der Waals surface area contributed by atoms with Gasteiger partial charge in [0.1, 0.15) is 5.60 Å². The Morgan fingerprint density at radius 1 is 1.00 bits per heavy atom. The maximum Gasteiger partial charge on any atom is 0.344 e. The number of ether oxygens (including phenoxy) is 1. The number of carboxylic acids is 1. The average molecular weight is 329 g/mol. The molecule has 0 aliphatic rings. The van der Waals surface area contributed by atoms with Gasteiger partial charge in [0, 0.05) is 12.7 Å². The molecule has 0 aromatic heterocycles. The Balaban J connectivity index is 2.45. The van der Waals surface area contributed by atoms with Crippen LogP contribution in [0.2, 0.25) is 0 Å². The monoisotopic (exact) mass is 329 g/mol. The molecule has 0 fully saturated rings. The highest BCUT2D eigenvalue weighted by Crippen LogP contribution is 2.29. The second-order valence-corrected chi connectivity index (χ2v) is 6.97. The van der Waals surface area contributed by atoms with Crippen molar-refractivity contribution in [3.63, 3.8) is 0 Å². The molecule has 0 heterocycles. The highest BCUT2D eigenvalue weighted by molar-refractivity contribution is 6.07. The fourth-order valence-corrected chi connectivity index (χ4v) is 2.39. The Hall–Kier alpha value is -2.56. The molecule has 0 unspecified atom stereocenters. The lowest BCUT2D eigenvalue weighted by Gasteiger charge is -2.36. The van der Waals surface area contributed by atoms with Gasteiger partial charge in [-0.2, -0.15) is 0 Å². The number of carbonyl (C=O) groups is 2. The van der Waals surface area contributed by atoms with Crippen molar-refractivity contribution in [2.75, 3.05) is 11.9 Å². The molecule has 5 nitrogen and oxygen atoms in total. The van der Waals surface area contributed by atoms with Gasteiger partial charge in [-0.25, -0.2) is 9.59 Å². The Bertz CT molecular complexity index is 778. The number of nitrogens with zero attached hydrogens (tertiary/aromatic N) is 1. The number of fused-ring (bicyclic) bond motifs is 1. The van der Waals surface area contributed by atoms with E-state index in [0.717, 1.165) is 10.8 Å². The molecule has 5 heteroatoms. The van der Waals surface area contributed by atoms with Crippen LogP contribution in [0.15, 0.2) is 42.5 Å². The number of carbonyl (C=O) groups excluding carboxylic acids is 1. The standard InChI is InChI=1S/C19H23NO4/c1-18(2,3)24-17(23)19(4,16(21)22)20(5)15-11-10-13-8-6-7-9-14(13)12-15/h6-12H,1-5H3,(H,21,22)/t19-/m0/s1. The number of aliphatic carboxylic acids is 1. The molecule has 2 aromatic rings. The number of esters is 1. The molecule has 2 rings (SSSR count). The van der Waals surface area contributed by atoms with Gasteiger partial charge in [-0.15, -0.1) is 0 Å². The minimum absolute atomic E-state index is 0.629. The van der Waals surface area contributed by atoms with Crippen LogP contribution in [0.1, 0.15) is 27.7 Å². The van der Waals surface area contributed by atoms with Crippen LogP contribution in [-0.4, -0.2) is 35.2 Å². The van der Waals surface area contributed by atoms with Gasteiger partial charge in [-0.1, -0.05) is 30.3 Å². The second-order valence-electron chi connectivity index (χ2n) is 6.97. The summed E-state index contributed by atoms with van der Waals surface area (Å²) in [5.41, 5.74) is -1.96. The lowest BCUT2D eigenvalue weighted by Crippen LogP contribution is -2.58. The predicted octanol–water partition coefficient (Wildman–Crippen LogP) is 3.46. The maximum absolute atomic E-state index is 12.6. The zero-order valence-corrected chi connectivity index (χ0v) is 14.7. The molecule has 2 aromatic carbocycles. The van der Waals surface area contributed by atoms with E-state index in [1.54, 1.807) is 33.9 Å². The zero-order chi connectivity index (χ0) is 18.1. The molecule has 1 atom stereocenters. The Kier molecular flexibility index (Phi) is 4.56. The summed E-state index contributed by atoms with van der Waals surface area (Å²) in [4.78, 5) is 25.9. The van der Waals surface area contributed by atoms with Crippen molar-refractivity contribution >= 4 is 28.4 Å². The van der Waals surface area contributed by atoms with E-state index in [4.69, 9.17) is 4.74 Å². The van der Waals surface area contributed by atoms with Crippen LogP contribution < -0.4 is 4.90 Å². The zero-order valence-electron chi connectivity index (χ0n) is 14.7. The Labute approximate surface area is 141 Å². The van der Waals surface area contributed by atoms with Crippen LogP contribution in [0.25, 0.3) is 10.8 Å². The molecule has 0 saturated heterocycles. The summed E-state index contributed by atoms with van der Waals surface area (Å²) in [5.74, 6) is -2.05. The van der Waals surface area contributed by atoms with Crippen molar-refractivity contribution in [3.8, 4) is 0 Å². The lowest BCUT2D eigenvalue weighted by molar-refractivity contribution is -0.168. The number of hydrogen-bond acceptors (Lipinski definition) is 4. The van der Waals surface area contributed by atoms with Crippen LogP contribution >= 0.6 is 0 Å². The molecular formula is C19H23NO4. The van der Waals surface area contributed by atoms with Gasteiger partial charge >= 0.3 is 11.9 Å². The molecule has 128 valence electrons. The van der Waals surface area contributed by atoms with Crippen molar-refractivity contribution in [2.45, 2.75) is 38.8 Å². The highest BCUT2D eigenvalue weighted by Gasteiger charge is 2.48. The van der Waals surface area contributed by atoms with Crippen molar-refractivity contribution < 1.29 is 19.4 Å². The van der Waals surface area contributed by atoms with E-state index in [1.165, 1.54) is 11.8 Å². The summed E-state index contributed by atoms with van der Waals surface area (Å²) in [5, 5.41) is 11.7. The van der Waals surface area contributed by atoms with E-state index in [-0.39, 0.29) is 0 Å². The van der Waals surface area contributed by atoms with Crippen molar-refractivity contribution in [1.82, 2.24) is 0 Å². The third-order valence-corrected chi connectivity index (χ3v) is 4.00. The fourth-order valence-electron chi connectivity index (χ4n) is 2.39. The summed E-state index contributed by atoms with van der Waals surface area (Å²) in [6.07, 6.45) is 0. The number of benzene rings is 2. The number of anilines is 1. The SMILES string of the molecule is CN(c1ccc2ccccc2c1)[C@@](C)(C(=O)O)C(=O)OC(C)(C)C. The molecular weight excluding hydrogens is 306 g/mol. The summed E-state index contributed by atoms with van der Waals surface area (Å²) in [7, 11) is 1.59. The van der Waals surface area contributed by atoms with E-state index >= 15 is 0 Å². The molecule has 24 heavy (non-hydrogen) atoms. The van der Waals surface area contributed by atoms with Crippen molar-refractivity contribution in [3.05, 3.63) is 42.5 Å². The van der Waals surface area contributed by atoms with Crippen LogP contribution in [0.4, 0.5) is 5.69 Å². The van der Waals surface area contributed by atoms with Gasteiger partial charge < -0.3 is 14.7 Å². The Morgan fingerprint density at radius 2 is 1.58 bits per heavy atom. The van der Waals surface area contributed by atoms with E-state index < -0.39 is 23.1 Å². The van der Waals surface area contributed by atoms with Gasteiger partial charge in [0.2, 0.25) is 5.54 Å². The summed E-state index contributed by atoms with van der Waals surface area (Å²) >= 11 is 0. The molecule has 0 aliphatic heterocycles. The first-order valence-electron chi connectivity index (χ1n) is 7.75. The number of carboxylic acid groups (broad SMARTS) is 1. The molecule has 0 aliphatic carbocycles. The van der Waals surface area contributed by atoms with E-state index in [1.807, 2.05) is 36.4 Å². The van der Waals surface area contributed by atoms with Gasteiger partial charge in [-0.3, -0.25) is 0 Å². The molecule has 0 amide bonds. The molecule has 0 radical (unpaired) electrons. The molecule has 1 N–H and O–H groups in total. The van der Waals surface area contributed by atoms with Crippen LogP contribution in [0, 0.1) is 0 Å². The van der Waals surface area contributed by atoms with Crippen molar-refractivity contribution in [2.24, 2.45) is 0 Å². The van der Waals surface area contributed by atoms with Crippen LogP contribution in [0.3, 0.4) is 0 Å². The van der Waals surface area contributed by atoms with Gasteiger partial charge in [-0.05, 0) is 50.6 Å². The van der Waals surface area contributed by atoms with E-state index in [9.17, 15) is 14.7 Å². The normalized spacial score (nSPS) is 14.0. The quantitative estimate of drug-likeness (QED) is 0.687. The van der Waals surface area contributed by atoms with Crippen molar-refractivity contribution in [1.29, 1.82) is 0 Å². The van der Waals surface area contributed by atoms with E-state index in [2.05, 4.69) is 0 Å². The number of hydrogen-bond donors (Lipinski definition) is 1. The maximum atomic E-state index is 12.6. The molecule has 0 saturated carbocycles. The van der Waals surface area contributed by atoms with Gasteiger partial charge in [0.25, 0.3) is 0 Å². The summed E-state index contributed by atoms with van der Waals surface area (Å²) in [6, 6.07) is 13.3. The predicted molar refractivity (Wildman–Crippen MR) is 94.2 cm³/mol. The highest BCUT2D eigenvalue weighted by atomic mass is 16.6. The topological polar surface area (TPSA) is 66.8 Å². The minimum atomic E-state index is -1.82. The third-order valence-electron chi connectivity index (χ3n) is 4.00. The molecule has 0 spiro atoms. The van der Waals surface area contributed by atoms with Gasteiger partial charge in [0.15, 0.2) is 0 Å². The number of likely N-dealkylation sites (N-methyl/N-ethyl adjacent to an activating group) is 1. The minimum Gasteiger partial charge on any atom is -0.479 e. The Morgan fingerprint density at radius 3 is 2.12 bits per heavy atom. The van der Waals surface area contributed by atoms with E-state index in [0.29, 0.717) is 5.69 Å². The first kappa shape index (κ1) is 17.8. The number of rotatable bonds is 4. The lowest BCUT2D eigenvalue weighted by atomic mass is 9.98. The van der Waals surface area contributed by atoms with Crippen LogP contribution in [0.5, 0.6) is 0 Å². The summed E-state index contributed by atoms with van der Waals surface area (Å²) in [6.45, 7) is 6.49. The second kappa shape index (κ2) is 6.15.